The maximum Gasteiger partial charge on any atom is 0.326 e. The summed E-state index contributed by atoms with van der Waals surface area (Å²) in [4.78, 5) is 62.3. The van der Waals surface area contributed by atoms with E-state index in [9.17, 15) is 24.0 Å². The van der Waals surface area contributed by atoms with E-state index in [0.29, 0.717) is 13.0 Å². The first-order valence-electron chi connectivity index (χ1n) is 9.66. The van der Waals surface area contributed by atoms with Gasteiger partial charge in [0.15, 0.2) is 5.96 Å². The molecule has 0 radical (unpaired) electrons. The molecule has 0 aliphatic heterocycles. The Balaban J connectivity index is 4.74. The topological polar surface area (TPSA) is 252 Å². The van der Waals surface area contributed by atoms with Crippen molar-refractivity contribution in [2.45, 2.75) is 56.8 Å². The van der Waals surface area contributed by atoms with Crippen LogP contribution in [0.15, 0.2) is 4.99 Å². The van der Waals surface area contributed by atoms with E-state index in [1.54, 1.807) is 0 Å². The predicted molar refractivity (Wildman–Crippen MR) is 118 cm³/mol. The average molecular weight is 478 g/mol. The molecule has 0 aliphatic carbocycles. The van der Waals surface area contributed by atoms with Gasteiger partial charge in [-0.25, -0.2) is 4.79 Å². The van der Waals surface area contributed by atoms with Crippen LogP contribution in [0.25, 0.3) is 0 Å². The smallest absolute Gasteiger partial charge is 0.326 e. The maximum absolute atomic E-state index is 12.3. The highest BCUT2D eigenvalue weighted by atomic mass is 32.1. The minimum absolute atomic E-state index is 0.0762. The zero-order valence-electron chi connectivity index (χ0n) is 17.6. The number of aliphatic imine (C=N–C) groups is 1. The first-order valence-corrected chi connectivity index (χ1v) is 10.3. The van der Waals surface area contributed by atoms with Gasteiger partial charge in [0.25, 0.3) is 0 Å². The first-order chi connectivity index (χ1) is 14.9. The number of carboxylic acids is 2. The Labute approximate surface area is 190 Å². The van der Waals surface area contributed by atoms with E-state index in [4.69, 9.17) is 27.4 Å². The van der Waals surface area contributed by atoms with Crippen molar-refractivity contribution in [2.75, 3.05) is 12.3 Å². The lowest BCUT2D eigenvalue weighted by Gasteiger charge is -2.22. The summed E-state index contributed by atoms with van der Waals surface area (Å²) in [6.07, 6.45) is -0.0886. The third-order valence-electron chi connectivity index (χ3n) is 4.13. The molecule has 0 spiro atoms. The molecule has 0 heterocycles. The number of aliphatic carboxylic acids is 2. The van der Waals surface area contributed by atoms with E-state index in [2.05, 4.69) is 33.6 Å². The number of carbonyl (C=O) groups is 5. The molecule has 0 aromatic heterocycles. The van der Waals surface area contributed by atoms with Crippen LogP contribution in [0.4, 0.5) is 0 Å². The summed E-state index contributed by atoms with van der Waals surface area (Å²) in [5.74, 6) is -5.06. The highest BCUT2D eigenvalue weighted by Crippen LogP contribution is 2.01. The molecule has 11 N–H and O–H groups in total. The van der Waals surface area contributed by atoms with Crippen molar-refractivity contribution in [3.8, 4) is 0 Å². The highest BCUT2D eigenvalue weighted by molar-refractivity contribution is 7.80. The molecule has 0 aromatic carbocycles. The molecular weight excluding hydrogens is 446 g/mol. The van der Waals surface area contributed by atoms with Crippen molar-refractivity contribution in [2.24, 2.45) is 22.2 Å². The monoisotopic (exact) mass is 477 g/mol. The zero-order valence-corrected chi connectivity index (χ0v) is 18.5. The van der Waals surface area contributed by atoms with Gasteiger partial charge in [0.2, 0.25) is 17.7 Å². The number of carbonyl (C=O) groups excluding carboxylic acids is 3. The van der Waals surface area contributed by atoms with Crippen molar-refractivity contribution < 1.29 is 34.2 Å². The summed E-state index contributed by atoms with van der Waals surface area (Å²) in [6, 6.07) is -4.63. The van der Waals surface area contributed by atoms with Gasteiger partial charge < -0.3 is 43.4 Å². The lowest BCUT2D eigenvalue weighted by atomic mass is 10.1. The van der Waals surface area contributed by atoms with Crippen molar-refractivity contribution in [3.05, 3.63) is 0 Å². The minimum Gasteiger partial charge on any atom is -0.481 e. The molecule has 0 fully saturated rings. The molecule has 14 nitrogen and oxygen atoms in total. The van der Waals surface area contributed by atoms with Gasteiger partial charge in [-0.15, -0.1) is 0 Å². The standard InChI is InChI=1S/C17H31N7O7S/c1-8(22-14(28)9(18)3-2-6-21-17(19)20)13(27)24-11(7-32)15(29)23-10(16(30)31)4-5-12(25)26/h8-11,32H,2-7,18H2,1H3,(H,22,28)(H,23,29)(H,24,27)(H,25,26)(H,30,31)(H4,19,20,21). The minimum atomic E-state index is -1.45. The van der Waals surface area contributed by atoms with E-state index in [0.717, 1.165) is 0 Å². The number of nitrogens with two attached hydrogens (primary N) is 3. The molecular formula is C17H31N7O7S. The summed E-state index contributed by atoms with van der Waals surface area (Å²) < 4.78 is 0. The number of amides is 3. The molecule has 0 bridgehead atoms. The molecule has 3 amide bonds. The Morgan fingerprint density at radius 2 is 1.53 bits per heavy atom. The van der Waals surface area contributed by atoms with Gasteiger partial charge in [-0.05, 0) is 26.2 Å². The largest absolute Gasteiger partial charge is 0.481 e. The van der Waals surface area contributed by atoms with Crippen LogP contribution in [-0.2, 0) is 24.0 Å². The van der Waals surface area contributed by atoms with Gasteiger partial charge in [-0.1, -0.05) is 0 Å². The van der Waals surface area contributed by atoms with Crippen molar-refractivity contribution in [1.82, 2.24) is 16.0 Å². The quantitative estimate of drug-likeness (QED) is 0.0492. The van der Waals surface area contributed by atoms with Gasteiger partial charge in [0.1, 0.15) is 18.1 Å². The zero-order chi connectivity index (χ0) is 24.8. The van der Waals surface area contributed by atoms with Crippen molar-refractivity contribution >= 4 is 48.2 Å². The number of carboxylic acid groups (broad SMARTS) is 2. The number of hydrogen-bond acceptors (Lipinski definition) is 8. The number of guanidine groups is 1. The Morgan fingerprint density at radius 1 is 0.938 bits per heavy atom. The van der Waals surface area contributed by atoms with Crippen LogP contribution in [-0.4, -0.2) is 82.3 Å². The van der Waals surface area contributed by atoms with Crippen LogP contribution in [0.3, 0.4) is 0 Å². The van der Waals surface area contributed by atoms with Crippen LogP contribution in [0, 0.1) is 0 Å². The lowest BCUT2D eigenvalue weighted by Crippen LogP contribution is -2.57. The van der Waals surface area contributed by atoms with Gasteiger partial charge in [-0.2, -0.15) is 12.6 Å². The van der Waals surface area contributed by atoms with Crippen molar-refractivity contribution in [3.63, 3.8) is 0 Å². The van der Waals surface area contributed by atoms with E-state index in [1.807, 2.05) is 0 Å². The van der Waals surface area contributed by atoms with E-state index in [1.165, 1.54) is 6.92 Å². The molecule has 182 valence electrons. The molecule has 15 heteroatoms. The predicted octanol–water partition coefficient (Wildman–Crippen LogP) is -3.28. The molecule has 4 atom stereocenters. The molecule has 32 heavy (non-hydrogen) atoms. The molecule has 0 saturated carbocycles. The number of thiol groups is 1. The Morgan fingerprint density at radius 3 is 2.03 bits per heavy atom. The Hall–Kier alpha value is -3.07. The average Bonchev–Trinajstić information content (AvgIpc) is 2.70. The van der Waals surface area contributed by atoms with Gasteiger partial charge in [0, 0.05) is 18.7 Å². The summed E-state index contributed by atoms with van der Waals surface area (Å²) >= 11 is 3.97. The fraction of sp³-hybridized carbons (Fsp3) is 0.647. The van der Waals surface area contributed by atoms with E-state index >= 15 is 0 Å². The number of nitrogens with one attached hydrogen (secondary N) is 3. The van der Waals surface area contributed by atoms with Gasteiger partial charge >= 0.3 is 11.9 Å². The third kappa shape index (κ3) is 11.9. The molecule has 4 unspecified atom stereocenters. The summed E-state index contributed by atoms with van der Waals surface area (Å²) in [6.45, 7) is 1.67. The summed E-state index contributed by atoms with van der Waals surface area (Å²) in [7, 11) is 0. The van der Waals surface area contributed by atoms with Crippen molar-refractivity contribution in [1.29, 1.82) is 0 Å². The molecule has 0 rings (SSSR count). The fourth-order valence-electron chi connectivity index (χ4n) is 2.32. The summed E-state index contributed by atoms with van der Waals surface area (Å²) in [5.41, 5.74) is 16.2. The second kappa shape index (κ2) is 14.9. The normalized spacial score (nSPS) is 14.2. The van der Waals surface area contributed by atoms with E-state index < -0.39 is 60.2 Å². The SMILES string of the molecule is CC(NC(=O)C(N)CCCN=C(N)N)C(=O)NC(CS)C(=O)NC(CCC(=O)O)C(=O)O. The van der Waals surface area contributed by atoms with Crippen LogP contribution in [0.5, 0.6) is 0 Å². The fourth-order valence-corrected chi connectivity index (χ4v) is 2.58. The van der Waals surface area contributed by atoms with Crippen LogP contribution in [0.2, 0.25) is 0 Å². The Bertz CT molecular complexity index is 715. The molecule has 0 aromatic rings. The summed E-state index contributed by atoms with van der Waals surface area (Å²) in [5, 5.41) is 24.7. The molecule has 0 aliphatic rings. The highest BCUT2D eigenvalue weighted by Gasteiger charge is 2.28. The number of rotatable bonds is 15. The second-order valence-corrected chi connectivity index (χ2v) is 7.23. The van der Waals surface area contributed by atoms with Crippen LogP contribution < -0.4 is 33.2 Å². The second-order valence-electron chi connectivity index (χ2n) is 6.86. The van der Waals surface area contributed by atoms with E-state index in [-0.39, 0.29) is 24.6 Å². The van der Waals surface area contributed by atoms with Gasteiger partial charge in [0.05, 0.1) is 6.04 Å². The maximum atomic E-state index is 12.3. The lowest BCUT2D eigenvalue weighted by molar-refractivity contribution is -0.143. The molecule has 0 saturated heterocycles. The van der Waals surface area contributed by atoms with Crippen LogP contribution >= 0.6 is 12.6 Å². The van der Waals surface area contributed by atoms with Gasteiger partial charge in [-0.3, -0.25) is 24.2 Å². The number of nitrogens with zero attached hydrogens (tertiary/aromatic N) is 1. The first kappa shape index (κ1) is 28.9. The van der Waals surface area contributed by atoms with Crippen LogP contribution in [0.1, 0.15) is 32.6 Å². The Kier molecular flexibility index (Phi) is 13.4. The third-order valence-corrected chi connectivity index (χ3v) is 4.50. The number of hydrogen-bond donors (Lipinski definition) is 9.